The summed E-state index contributed by atoms with van der Waals surface area (Å²) in [4.78, 5) is 0. The van der Waals surface area contributed by atoms with Crippen LogP contribution in [0.5, 0.6) is 0 Å². The zero-order valence-electron chi connectivity index (χ0n) is 7.04. The summed E-state index contributed by atoms with van der Waals surface area (Å²) < 4.78 is 2.09. The minimum atomic E-state index is 1.19. The van der Waals surface area contributed by atoms with Gasteiger partial charge >= 0.3 is 0 Å². The van der Waals surface area contributed by atoms with Crippen LogP contribution in [0.15, 0.2) is 40.5 Å². The summed E-state index contributed by atoms with van der Waals surface area (Å²) in [5, 5.41) is 0. The molecule has 0 aromatic heterocycles. The van der Waals surface area contributed by atoms with Crippen LogP contribution in [0.4, 0.5) is 0 Å². The lowest BCUT2D eigenvalue weighted by Crippen LogP contribution is -1.82. The lowest BCUT2D eigenvalue weighted by molar-refractivity contribution is 0.844. The van der Waals surface area contributed by atoms with Gasteiger partial charge in [0.1, 0.15) is 0 Å². The molecule has 0 aliphatic heterocycles. The molecule has 0 amide bonds. The minimum absolute atomic E-state index is 1.19. The number of aryl methyl sites for hydroxylation is 1. The Morgan fingerprint density at radius 3 is 2.58 bits per heavy atom. The SMILES string of the molecule is IC=CCCCc1ccccc1. The van der Waals surface area contributed by atoms with Crippen LogP contribution in [-0.2, 0) is 6.42 Å². The fourth-order valence-electron chi connectivity index (χ4n) is 1.13. The Morgan fingerprint density at radius 2 is 1.92 bits per heavy atom. The van der Waals surface area contributed by atoms with Crippen LogP contribution < -0.4 is 0 Å². The van der Waals surface area contributed by atoms with Crippen molar-refractivity contribution >= 4 is 22.6 Å². The van der Waals surface area contributed by atoms with Crippen molar-refractivity contribution in [2.45, 2.75) is 19.3 Å². The zero-order valence-corrected chi connectivity index (χ0v) is 9.20. The molecule has 0 unspecified atom stereocenters. The first-order chi connectivity index (χ1) is 5.93. The topological polar surface area (TPSA) is 0 Å². The third kappa shape index (κ3) is 3.90. The summed E-state index contributed by atoms with van der Waals surface area (Å²) in [7, 11) is 0. The van der Waals surface area contributed by atoms with Crippen molar-refractivity contribution in [3.05, 3.63) is 46.1 Å². The summed E-state index contributed by atoms with van der Waals surface area (Å²) in [6, 6.07) is 10.6. The molecule has 1 rings (SSSR count). The first-order valence-corrected chi connectivity index (χ1v) is 5.47. The summed E-state index contributed by atoms with van der Waals surface area (Å²) in [6.07, 6.45) is 5.85. The van der Waals surface area contributed by atoms with Crippen molar-refractivity contribution in [2.24, 2.45) is 0 Å². The summed E-state index contributed by atoms with van der Waals surface area (Å²) in [5.41, 5.74) is 1.44. The molecule has 1 aromatic carbocycles. The van der Waals surface area contributed by atoms with E-state index in [0.717, 1.165) is 0 Å². The standard InChI is InChI=1S/C11H13I/c12-10-6-2-5-9-11-7-3-1-4-8-11/h1,3-4,6-8,10H,2,5,9H2. The smallest absolute Gasteiger partial charge is 0.0274 e. The average molecular weight is 272 g/mol. The molecular weight excluding hydrogens is 259 g/mol. The Labute approximate surface area is 87.8 Å². The average Bonchev–Trinajstić information content (AvgIpc) is 2.14. The van der Waals surface area contributed by atoms with Crippen molar-refractivity contribution in [3.63, 3.8) is 0 Å². The molecule has 0 atom stereocenters. The fourth-order valence-corrected chi connectivity index (χ4v) is 1.49. The fraction of sp³-hybridized carbons (Fsp3) is 0.273. The van der Waals surface area contributed by atoms with Crippen molar-refractivity contribution in [2.75, 3.05) is 0 Å². The molecule has 64 valence electrons. The Kier molecular flexibility index (Phi) is 5.08. The van der Waals surface area contributed by atoms with E-state index in [1.807, 2.05) is 0 Å². The molecule has 0 heterocycles. The summed E-state index contributed by atoms with van der Waals surface area (Å²) in [6.45, 7) is 0. The van der Waals surface area contributed by atoms with E-state index in [9.17, 15) is 0 Å². The van der Waals surface area contributed by atoms with E-state index >= 15 is 0 Å². The monoisotopic (exact) mass is 272 g/mol. The third-order valence-electron chi connectivity index (χ3n) is 1.77. The van der Waals surface area contributed by atoms with Gasteiger partial charge in [0, 0.05) is 0 Å². The summed E-state index contributed by atoms with van der Waals surface area (Å²) in [5.74, 6) is 0. The van der Waals surface area contributed by atoms with Crippen LogP contribution in [0.3, 0.4) is 0 Å². The van der Waals surface area contributed by atoms with Crippen LogP contribution in [0.2, 0.25) is 0 Å². The van der Waals surface area contributed by atoms with E-state index < -0.39 is 0 Å². The molecule has 0 bridgehead atoms. The van der Waals surface area contributed by atoms with Crippen LogP contribution in [0, 0.1) is 0 Å². The first-order valence-electron chi connectivity index (χ1n) is 4.22. The van der Waals surface area contributed by atoms with Gasteiger partial charge < -0.3 is 0 Å². The Morgan fingerprint density at radius 1 is 1.17 bits per heavy atom. The zero-order chi connectivity index (χ0) is 8.65. The summed E-state index contributed by atoms with van der Waals surface area (Å²) >= 11 is 2.26. The van der Waals surface area contributed by atoms with Gasteiger partial charge in [0.15, 0.2) is 0 Å². The van der Waals surface area contributed by atoms with Crippen molar-refractivity contribution in [1.82, 2.24) is 0 Å². The molecule has 0 spiro atoms. The lowest BCUT2D eigenvalue weighted by atomic mass is 10.1. The number of rotatable bonds is 4. The van der Waals surface area contributed by atoms with Gasteiger partial charge in [0.25, 0.3) is 0 Å². The Hall–Kier alpha value is -0.310. The molecule has 0 radical (unpaired) electrons. The second-order valence-electron chi connectivity index (χ2n) is 2.74. The predicted molar refractivity (Wildman–Crippen MR) is 62.5 cm³/mol. The van der Waals surface area contributed by atoms with Gasteiger partial charge in [-0.05, 0) is 28.9 Å². The molecule has 12 heavy (non-hydrogen) atoms. The molecule has 0 aliphatic carbocycles. The molecular formula is C11H13I. The highest BCUT2D eigenvalue weighted by Gasteiger charge is 1.88. The van der Waals surface area contributed by atoms with Gasteiger partial charge in [0.2, 0.25) is 0 Å². The highest BCUT2D eigenvalue weighted by atomic mass is 127. The van der Waals surface area contributed by atoms with E-state index in [4.69, 9.17) is 0 Å². The van der Waals surface area contributed by atoms with Crippen molar-refractivity contribution < 1.29 is 0 Å². The predicted octanol–water partition coefficient (Wildman–Crippen LogP) is 3.96. The van der Waals surface area contributed by atoms with E-state index in [0.29, 0.717) is 0 Å². The maximum Gasteiger partial charge on any atom is -0.0274 e. The quantitative estimate of drug-likeness (QED) is 0.575. The van der Waals surface area contributed by atoms with Gasteiger partial charge in [-0.25, -0.2) is 0 Å². The Balaban J connectivity index is 2.24. The maximum absolute atomic E-state index is 2.26. The van der Waals surface area contributed by atoms with Crippen molar-refractivity contribution in [3.8, 4) is 0 Å². The second kappa shape index (κ2) is 6.23. The van der Waals surface area contributed by atoms with Crippen molar-refractivity contribution in [1.29, 1.82) is 0 Å². The molecule has 0 saturated carbocycles. The molecule has 1 heteroatoms. The highest BCUT2D eigenvalue weighted by molar-refractivity contribution is 14.1. The first kappa shape index (κ1) is 9.78. The second-order valence-corrected chi connectivity index (χ2v) is 3.46. The molecule has 0 saturated heterocycles. The van der Waals surface area contributed by atoms with Gasteiger partial charge in [-0.1, -0.05) is 59.0 Å². The number of unbranched alkanes of at least 4 members (excludes halogenated alkanes) is 1. The number of hydrogen-bond acceptors (Lipinski definition) is 0. The van der Waals surface area contributed by atoms with E-state index in [1.165, 1.54) is 24.8 Å². The van der Waals surface area contributed by atoms with Gasteiger partial charge in [0.05, 0.1) is 0 Å². The number of halogens is 1. The van der Waals surface area contributed by atoms with E-state index in [-0.39, 0.29) is 0 Å². The minimum Gasteiger partial charge on any atom is -0.0784 e. The van der Waals surface area contributed by atoms with Crippen LogP contribution in [0.25, 0.3) is 0 Å². The van der Waals surface area contributed by atoms with Gasteiger partial charge in [-0.15, -0.1) is 0 Å². The maximum atomic E-state index is 2.26. The van der Waals surface area contributed by atoms with Crippen LogP contribution in [0.1, 0.15) is 18.4 Å². The molecule has 0 N–H and O–H groups in total. The molecule has 0 aliphatic rings. The number of benzene rings is 1. The van der Waals surface area contributed by atoms with E-state index in [1.54, 1.807) is 0 Å². The van der Waals surface area contributed by atoms with Crippen LogP contribution in [-0.4, -0.2) is 0 Å². The van der Waals surface area contributed by atoms with Gasteiger partial charge in [-0.2, -0.15) is 0 Å². The molecule has 1 aromatic rings. The third-order valence-corrected chi connectivity index (χ3v) is 2.28. The van der Waals surface area contributed by atoms with E-state index in [2.05, 4.69) is 63.1 Å². The lowest BCUT2D eigenvalue weighted by Gasteiger charge is -1.97. The Bertz CT molecular complexity index is 226. The molecule has 0 fully saturated rings. The molecule has 0 nitrogen and oxygen atoms in total. The van der Waals surface area contributed by atoms with Crippen LogP contribution >= 0.6 is 22.6 Å². The normalized spacial score (nSPS) is 10.8. The largest absolute Gasteiger partial charge is 0.0784 e. The number of allylic oxidation sites excluding steroid dienone is 1. The number of hydrogen-bond donors (Lipinski definition) is 0. The highest BCUT2D eigenvalue weighted by Crippen LogP contribution is 2.05. The van der Waals surface area contributed by atoms with Gasteiger partial charge in [-0.3, -0.25) is 0 Å².